The number of carbonyl (C=O) groups excluding carboxylic acids is 1. The molecule has 1 saturated heterocycles. The second kappa shape index (κ2) is 37.4. The molecule has 0 aromatic rings. The second-order valence-corrected chi connectivity index (χ2v) is 17.0. The summed E-state index contributed by atoms with van der Waals surface area (Å²) in [6, 6.07) is 0. The molecule has 0 radical (unpaired) electrons. The van der Waals surface area contributed by atoms with Gasteiger partial charge < -0.3 is 34.3 Å². The van der Waals surface area contributed by atoms with E-state index in [0.29, 0.717) is 13.0 Å². The Morgan fingerprint density at radius 2 is 1.14 bits per heavy atom. The summed E-state index contributed by atoms with van der Waals surface area (Å²) in [6.07, 6.45) is 32.1. The number of aliphatic hydroxyl groups excluding tert-OH is 3. The highest BCUT2D eigenvalue weighted by Crippen LogP contribution is 2.26. The van der Waals surface area contributed by atoms with Gasteiger partial charge in [0, 0.05) is 13.0 Å². The maximum atomic E-state index is 12.8. The Bertz CT molecular complexity index is 1120. The Morgan fingerprint density at radius 3 is 1.67 bits per heavy atom. The molecule has 58 heavy (non-hydrogen) atoms. The first-order chi connectivity index (χ1) is 28.1. The van der Waals surface area contributed by atoms with Gasteiger partial charge in [-0.3, -0.25) is 9.35 Å². The van der Waals surface area contributed by atoms with Crippen LogP contribution in [-0.2, 0) is 38.3 Å². The van der Waals surface area contributed by atoms with Crippen LogP contribution < -0.4 is 0 Å². The van der Waals surface area contributed by atoms with E-state index in [0.717, 1.165) is 44.9 Å². The standard InChI is InChI=1S/C45H84O12S/c1-3-5-7-9-11-13-15-16-17-18-19-20-21-22-23-25-27-29-31-33-35-53-37-39(55-41(47)34-32-30-28-26-24-14-12-10-8-6-4-2)38-54-45-43(49)44(57-58(50,51)52)42(48)40(36-46)56-45/h11,13,16-17,39-40,42-46,48-49H,3-10,12,14-15,18-38H2,1-2H3,(H,50,51,52)/b13-11-,17-16-. The van der Waals surface area contributed by atoms with Gasteiger partial charge in [0.05, 0.1) is 19.8 Å². The molecular formula is C45H84O12S. The third-order valence-electron chi connectivity index (χ3n) is 10.6. The molecule has 0 bridgehead atoms. The summed E-state index contributed by atoms with van der Waals surface area (Å²) >= 11 is 0. The van der Waals surface area contributed by atoms with Crippen molar-refractivity contribution < 1.29 is 56.2 Å². The summed E-state index contributed by atoms with van der Waals surface area (Å²) < 4.78 is 59.0. The number of allylic oxidation sites excluding steroid dienone is 4. The van der Waals surface area contributed by atoms with Crippen molar-refractivity contribution >= 4 is 16.4 Å². The molecule has 0 saturated carbocycles. The third kappa shape index (κ3) is 30.6. The van der Waals surface area contributed by atoms with Crippen LogP contribution in [0.5, 0.6) is 0 Å². The average Bonchev–Trinajstić information content (AvgIpc) is 3.19. The van der Waals surface area contributed by atoms with Gasteiger partial charge in [0.1, 0.15) is 30.5 Å². The van der Waals surface area contributed by atoms with Gasteiger partial charge in [0.25, 0.3) is 0 Å². The fourth-order valence-corrected chi connectivity index (χ4v) is 7.56. The molecule has 0 amide bonds. The van der Waals surface area contributed by atoms with Crippen molar-refractivity contribution in [1.29, 1.82) is 0 Å². The number of unbranched alkanes of at least 4 members (excludes halogenated alkanes) is 23. The highest BCUT2D eigenvalue weighted by atomic mass is 32.3. The van der Waals surface area contributed by atoms with Gasteiger partial charge in [-0.2, -0.15) is 8.42 Å². The van der Waals surface area contributed by atoms with E-state index in [1.54, 1.807) is 0 Å². The van der Waals surface area contributed by atoms with Crippen LogP contribution in [0.1, 0.15) is 194 Å². The Balaban J connectivity index is 2.37. The molecule has 13 heteroatoms. The molecule has 0 spiro atoms. The summed E-state index contributed by atoms with van der Waals surface area (Å²) in [5.41, 5.74) is 0. The summed E-state index contributed by atoms with van der Waals surface area (Å²) in [7, 11) is -5.06. The van der Waals surface area contributed by atoms with Gasteiger partial charge in [-0.15, -0.1) is 0 Å². The number of hydrogen-bond acceptors (Lipinski definition) is 11. The Hall–Kier alpha value is -1.42. The van der Waals surface area contributed by atoms with Crippen LogP contribution in [0.3, 0.4) is 0 Å². The van der Waals surface area contributed by atoms with Crippen LogP contribution in [0.15, 0.2) is 24.3 Å². The van der Waals surface area contributed by atoms with E-state index in [1.807, 2.05) is 0 Å². The van der Waals surface area contributed by atoms with Crippen molar-refractivity contribution in [3.63, 3.8) is 0 Å². The lowest BCUT2D eigenvalue weighted by atomic mass is 9.99. The van der Waals surface area contributed by atoms with Crippen LogP contribution in [-0.4, -0.2) is 97.5 Å². The first kappa shape index (κ1) is 54.6. The molecule has 1 rings (SSSR count). The first-order valence-electron chi connectivity index (χ1n) is 23.1. The van der Waals surface area contributed by atoms with Crippen molar-refractivity contribution in [2.24, 2.45) is 0 Å². The van der Waals surface area contributed by atoms with E-state index in [2.05, 4.69) is 42.3 Å². The van der Waals surface area contributed by atoms with E-state index >= 15 is 0 Å². The number of esters is 1. The first-order valence-corrected chi connectivity index (χ1v) is 24.5. The third-order valence-corrected chi connectivity index (χ3v) is 11.0. The number of aliphatic hydroxyl groups is 3. The van der Waals surface area contributed by atoms with Gasteiger partial charge in [-0.1, -0.05) is 167 Å². The molecule has 1 fully saturated rings. The fraction of sp³-hybridized carbons (Fsp3) is 0.889. The summed E-state index contributed by atoms with van der Waals surface area (Å²) in [6.45, 7) is 3.96. The van der Waals surface area contributed by atoms with E-state index in [4.69, 9.17) is 23.5 Å². The van der Waals surface area contributed by atoms with Crippen LogP contribution in [0.25, 0.3) is 0 Å². The Morgan fingerprint density at radius 1 is 0.655 bits per heavy atom. The molecule has 6 atom stereocenters. The predicted molar refractivity (Wildman–Crippen MR) is 230 cm³/mol. The lowest BCUT2D eigenvalue weighted by Crippen LogP contribution is -2.60. The molecule has 12 nitrogen and oxygen atoms in total. The zero-order chi connectivity index (χ0) is 42.5. The van der Waals surface area contributed by atoms with E-state index in [9.17, 15) is 28.5 Å². The lowest BCUT2D eigenvalue weighted by molar-refractivity contribution is -0.301. The van der Waals surface area contributed by atoms with Crippen molar-refractivity contribution in [2.75, 3.05) is 26.4 Å². The molecule has 1 heterocycles. The largest absolute Gasteiger partial charge is 0.457 e. The maximum absolute atomic E-state index is 12.8. The monoisotopic (exact) mass is 849 g/mol. The molecule has 0 aromatic carbocycles. The van der Waals surface area contributed by atoms with E-state index in [1.165, 1.54) is 122 Å². The lowest BCUT2D eigenvalue weighted by Gasteiger charge is -2.41. The van der Waals surface area contributed by atoms with Crippen LogP contribution >= 0.6 is 0 Å². The summed E-state index contributed by atoms with van der Waals surface area (Å²) in [5.74, 6) is -0.400. The number of hydrogen-bond donors (Lipinski definition) is 4. The van der Waals surface area contributed by atoms with E-state index < -0.39 is 59.8 Å². The topological polar surface area (TPSA) is 178 Å². The molecule has 1 aliphatic rings. The Kier molecular flexibility index (Phi) is 35.2. The van der Waals surface area contributed by atoms with Gasteiger partial charge in [0.15, 0.2) is 6.29 Å². The normalized spacial score (nSPS) is 20.7. The highest BCUT2D eigenvalue weighted by molar-refractivity contribution is 7.80. The van der Waals surface area contributed by atoms with Crippen LogP contribution in [0.4, 0.5) is 0 Å². The molecule has 342 valence electrons. The molecular weight excluding hydrogens is 765 g/mol. The minimum absolute atomic E-state index is 0.0375. The maximum Gasteiger partial charge on any atom is 0.397 e. The van der Waals surface area contributed by atoms with Crippen LogP contribution in [0, 0.1) is 0 Å². The minimum atomic E-state index is -5.06. The van der Waals surface area contributed by atoms with Crippen molar-refractivity contribution in [3.8, 4) is 0 Å². The average molecular weight is 849 g/mol. The molecule has 0 aromatic heterocycles. The van der Waals surface area contributed by atoms with Crippen molar-refractivity contribution in [3.05, 3.63) is 24.3 Å². The quantitative estimate of drug-likeness (QED) is 0.0199. The van der Waals surface area contributed by atoms with Crippen molar-refractivity contribution in [2.45, 2.75) is 230 Å². The Labute approximate surface area is 352 Å². The molecule has 6 unspecified atom stereocenters. The predicted octanol–water partition coefficient (Wildman–Crippen LogP) is 9.63. The van der Waals surface area contributed by atoms with Crippen molar-refractivity contribution in [1.82, 2.24) is 0 Å². The SMILES string of the molecule is CCCCC/C=C\C/C=C\CCCCCCCCCCCCOCC(COC1OC(CO)C(O)C(OS(=O)(=O)O)C1O)OC(=O)CCCCCCCCCCCCC. The number of rotatable bonds is 40. The molecule has 1 aliphatic heterocycles. The smallest absolute Gasteiger partial charge is 0.397 e. The summed E-state index contributed by atoms with van der Waals surface area (Å²) in [4.78, 5) is 12.8. The number of carbonyl (C=O) groups is 1. The molecule has 4 N–H and O–H groups in total. The zero-order valence-corrected chi connectivity index (χ0v) is 37.2. The van der Waals surface area contributed by atoms with E-state index in [-0.39, 0.29) is 19.6 Å². The van der Waals surface area contributed by atoms with Gasteiger partial charge in [0.2, 0.25) is 0 Å². The second-order valence-electron chi connectivity index (χ2n) is 16.0. The van der Waals surface area contributed by atoms with Gasteiger partial charge in [-0.25, -0.2) is 4.18 Å². The van der Waals surface area contributed by atoms with Gasteiger partial charge in [-0.05, 0) is 44.9 Å². The highest BCUT2D eigenvalue weighted by Gasteiger charge is 2.48. The van der Waals surface area contributed by atoms with Gasteiger partial charge >= 0.3 is 16.4 Å². The fourth-order valence-electron chi connectivity index (χ4n) is 7.06. The minimum Gasteiger partial charge on any atom is -0.457 e. The zero-order valence-electron chi connectivity index (χ0n) is 36.4. The molecule has 0 aliphatic carbocycles. The number of ether oxygens (including phenoxy) is 4. The summed E-state index contributed by atoms with van der Waals surface area (Å²) in [5, 5.41) is 30.6. The van der Waals surface area contributed by atoms with Crippen LogP contribution in [0.2, 0.25) is 0 Å².